The molecule has 0 amide bonds. The highest BCUT2D eigenvalue weighted by Gasteiger charge is 2.25. The predicted molar refractivity (Wildman–Crippen MR) is 81.5 cm³/mol. The van der Waals surface area contributed by atoms with Crippen molar-refractivity contribution >= 4 is 0 Å². The van der Waals surface area contributed by atoms with Crippen LogP contribution in [0, 0.1) is 0 Å². The first kappa shape index (κ1) is 15.4. The number of nitrogens with zero attached hydrogens (tertiary/aromatic N) is 4. The van der Waals surface area contributed by atoms with Crippen LogP contribution in [0.25, 0.3) is 0 Å². The molecule has 0 spiro atoms. The Labute approximate surface area is 122 Å². The summed E-state index contributed by atoms with van der Waals surface area (Å²) in [5.41, 5.74) is 0.187. The zero-order valence-electron chi connectivity index (χ0n) is 13.4. The maximum absolute atomic E-state index is 4.41. The second kappa shape index (κ2) is 6.68. The van der Waals surface area contributed by atoms with E-state index in [4.69, 9.17) is 0 Å². The molecular formula is C15H29N5. The molecule has 0 saturated carbocycles. The molecule has 1 unspecified atom stereocenters. The molecule has 1 aliphatic heterocycles. The van der Waals surface area contributed by atoms with Gasteiger partial charge in [0.15, 0.2) is 0 Å². The number of nitrogens with one attached hydrogen (secondary N) is 1. The molecule has 1 aliphatic rings. The average Bonchev–Trinajstić information content (AvgIpc) is 2.84. The molecule has 0 aromatic carbocycles. The molecule has 2 rings (SSSR count). The third kappa shape index (κ3) is 4.28. The van der Waals surface area contributed by atoms with Crippen LogP contribution in [-0.4, -0.2) is 44.3 Å². The zero-order valence-corrected chi connectivity index (χ0v) is 13.4. The van der Waals surface area contributed by atoms with Gasteiger partial charge >= 0.3 is 0 Å². The van der Waals surface area contributed by atoms with E-state index in [9.17, 15) is 0 Å². The summed E-state index contributed by atoms with van der Waals surface area (Å²) in [4.78, 5) is 6.98. The number of rotatable bonds is 5. The summed E-state index contributed by atoms with van der Waals surface area (Å²) in [6.45, 7) is 12.9. The number of hydrogen-bond donors (Lipinski definition) is 1. The predicted octanol–water partition coefficient (Wildman–Crippen LogP) is 2.04. The quantitative estimate of drug-likeness (QED) is 0.896. The summed E-state index contributed by atoms with van der Waals surface area (Å²) in [6, 6.07) is 0.616. The third-order valence-electron chi connectivity index (χ3n) is 3.96. The van der Waals surface area contributed by atoms with Crippen molar-refractivity contribution in [3.05, 3.63) is 12.2 Å². The van der Waals surface area contributed by atoms with Crippen molar-refractivity contribution in [2.75, 3.05) is 13.1 Å². The van der Waals surface area contributed by atoms with Gasteiger partial charge in [-0.1, -0.05) is 6.42 Å². The Bertz CT molecular complexity index is 407. The van der Waals surface area contributed by atoms with Crippen molar-refractivity contribution in [3.8, 4) is 0 Å². The van der Waals surface area contributed by atoms with Crippen LogP contribution in [0.2, 0.25) is 0 Å². The molecule has 1 atom stereocenters. The van der Waals surface area contributed by atoms with E-state index in [2.05, 4.69) is 48.0 Å². The minimum absolute atomic E-state index is 0.187. The lowest BCUT2D eigenvalue weighted by Gasteiger charge is -2.37. The molecule has 0 aliphatic carbocycles. The summed E-state index contributed by atoms with van der Waals surface area (Å²) in [7, 11) is 0. The summed E-state index contributed by atoms with van der Waals surface area (Å²) in [5, 5.41) is 7.92. The van der Waals surface area contributed by atoms with E-state index in [1.165, 1.54) is 25.8 Å². The summed E-state index contributed by atoms with van der Waals surface area (Å²) in [6.07, 6.45) is 5.59. The Kier molecular flexibility index (Phi) is 5.16. The van der Waals surface area contributed by atoms with Crippen molar-refractivity contribution in [1.29, 1.82) is 0 Å². The van der Waals surface area contributed by atoms with E-state index in [1.54, 1.807) is 6.33 Å². The van der Waals surface area contributed by atoms with E-state index < -0.39 is 0 Å². The van der Waals surface area contributed by atoms with Gasteiger partial charge in [-0.25, -0.2) is 9.67 Å². The fourth-order valence-corrected chi connectivity index (χ4v) is 2.78. The van der Waals surface area contributed by atoms with Gasteiger partial charge in [-0.05, 0) is 47.1 Å². The van der Waals surface area contributed by atoms with Crippen LogP contribution < -0.4 is 5.32 Å². The minimum Gasteiger partial charge on any atom is -0.311 e. The highest BCUT2D eigenvalue weighted by atomic mass is 15.3. The Morgan fingerprint density at radius 2 is 2.15 bits per heavy atom. The molecule has 1 fully saturated rings. The Morgan fingerprint density at radius 1 is 1.35 bits per heavy atom. The smallest absolute Gasteiger partial charge is 0.141 e. The fraction of sp³-hybridized carbons (Fsp3) is 0.867. The Morgan fingerprint density at radius 3 is 2.85 bits per heavy atom. The van der Waals surface area contributed by atoms with Crippen molar-refractivity contribution in [3.63, 3.8) is 0 Å². The second-order valence-electron chi connectivity index (χ2n) is 6.74. The van der Waals surface area contributed by atoms with Crippen LogP contribution in [0.3, 0.4) is 0 Å². The Hall–Kier alpha value is -0.940. The van der Waals surface area contributed by atoms with Gasteiger partial charge in [0.2, 0.25) is 0 Å². The van der Waals surface area contributed by atoms with Crippen LogP contribution in [0.15, 0.2) is 6.33 Å². The van der Waals surface area contributed by atoms with Gasteiger partial charge in [-0.15, -0.1) is 0 Å². The molecular weight excluding hydrogens is 250 g/mol. The maximum atomic E-state index is 4.41. The molecule has 0 bridgehead atoms. The first-order valence-electron chi connectivity index (χ1n) is 7.85. The maximum Gasteiger partial charge on any atom is 0.141 e. The van der Waals surface area contributed by atoms with Crippen LogP contribution in [-0.2, 0) is 13.1 Å². The molecule has 0 radical (unpaired) electrons. The molecule has 1 N–H and O–H groups in total. The molecule has 114 valence electrons. The molecule has 20 heavy (non-hydrogen) atoms. The molecule has 1 saturated heterocycles. The molecule has 2 heterocycles. The van der Waals surface area contributed by atoms with Gasteiger partial charge in [0.05, 0.1) is 6.54 Å². The SMILES string of the molecule is CCn1ncnc1CN1CCCCC1CNC(C)(C)C. The topological polar surface area (TPSA) is 46.0 Å². The lowest BCUT2D eigenvalue weighted by Crippen LogP contribution is -2.49. The van der Waals surface area contributed by atoms with Crippen LogP contribution in [0.1, 0.15) is 52.8 Å². The van der Waals surface area contributed by atoms with Crippen molar-refractivity contribution in [1.82, 2.24) is 25.0 Å². The van der Waals surface area contributed by atoms with Crippen molar-refractivity contribution in [2.45, 2.75) is 71.6 Å². The van der Waals surface area contributed by atoms with Gasteiger partial charge in [0.1, 0.15) is 12.2 Å². The minimum atomic E-state index is 0.187. The lowest BCUT2D eigenvalue weighted by atomic mass is 10.0. The normalized spacial score (nSPS) is 21.3. The van der Waals surface area contributed by atoms with Gasteiger partial charge in [-0.3, -0.25) is 4.90 Å². The largest absolute Gasteiger partial charge is 0.311 e. The fourth-order valence-electron chi connectivity index (χ4n) is 2.78. The van der Waals surface area contributed by atoms with E-state index in [0.29, 0.717) is 6.04 Å². The summed E-state index contributed by atoms with van der Waals surface area (Å²) < 4.78 is 2.00. The van der Waals surface area contributed by atoms with Gasteiger partial charge in [0, 0.05) is 24.7 Å². The summed E-state index contributed by atoms with van der Waals surface area (Å²) in [5.74, 6) is 1.09. The van der Waals surface area contributed by atoms with Crippen molar-refractivity contribution in [2.24, 2.45) is 0 Å². The van der Waals surface area contributed by atoms with E-state index in [0.717, 1.165) is 25.5 Å². The zero-order chi connectivity index (χ0) is 14.6. The number of likely N-dealkylation sites (tertiary alicyclic amines) is 1. The highest BCUT2D eigenvalue weighted by molar-refractivity contribution is 4.89. The van der Waals surface area contributed by atoms with Crippen LogP contribution in [0.5, 0.6) is 0 Å². The number of aryl methyl sites for hydroxylation is 1. The van der Waals surface area contributed by atoms with Crippen LogP contribution in [0.4, 0.5) is 0 Å². The molecule has 5 nitrogen and oxygen atoms in total. The van der Waals surface area contributed by atoms with E-state index in [1.807, 2.05) is 4.68 Å². The third-order valence-corrected chi connectivity index (χ3v) is 3.96. The summed E-state index contributed by atoms with van der Waals surface area (Å²) >= 11 is 0. The number of piperidine rings is 1. The van der Waals surface area contributed by atoms with Gasteiger partial charge in [-0.2, -0.15) is 5.10 Å². The van der Waals surface area contributed by atoms with E-state index in [-0.39, 0.29) is 5.54 Å². The average molecular weight is 279 g/mol. The van der Waals surface area contributed by atoms with Gasteiger partial charge in [0.25, 0.3) is 0 Å². The first-order chi connectivity index (χ1) is 9.49. The molecule has 1 aromatic heterocycles. The second-order valence-corrected chi connectivity index (χ2v) is 6.74. The highest BCUT2D eigenvalue weighted by Crippen LogP contribution is 2.19. The van der Waals surface area contributed by atoms with Crippen LogP contribution >= 0.6 is 0 Å². The first-order valence-corrected chi connectivity index (χ1v) is 7.85. The van der Waals surface area contributed by atoms with Crippen molar-refractivity contribution < 1.29 is 0 Å². The number of aromatic nitrogens is 3. The molecule has 1 aromatic rings. The van der Waals surface area contributed by atoms with Gasteiger partial charge < -0.3 is 5.32 Å². The van der Waals surface area contributed by atoms with E-state index >= 15 is 0 Å². The monoisotopic (exact) mass is 279 g/mol. The Balaban J connectivity index is 1.96. The standard InChI is InChI=1S/C15H29N5/c1-5-20-14(16-12-18-20)11-19-9-7-6-8-13(19)10-17-15(2,3)4/h12-13,17H,5-11H2,1-4H3. The molecule has 5 heteroatoms. The lowest BCUT2D eigenvalue weighted by molar-refractivity contribution is 0.126. The number of hydrogen-bond acceptors (Lipinski definition) is 4.